The number of hydrogen-bond acceptors (Lipinski definition) is 5. The van der Waals surface area contributed by atoms with Crippen LogP contribution >= 0.6 is 22.9 Å². The molecule has 4 nitrogen and oxygen atoms in total. The quantitative estimate of drug-likeness (QED) is 0.636. The zero-order valence-electron chi connectivity index (χ0n) is 10.8. The van der Waals surface area contributed by atoms with E-state index < -0.39 is 0 Å². The minimum atomic E-state index is 0.631. The number of nitrogens with zero attached hydrogens (tertiary/aromatic N) is 2. The van der Waals surface area contributed by atoms with Gasteiger partial charge in [-0.3, -0.25) is 0 Å². The molecule has 0 aliphatic carbocycles. The van der Waals surface area contributed by atoms with Gasteiger partial charge in [-0.05, 0) is 37.0 Å². The topological polar surface area (TPSA) is 54.2 Å². The van der Waals surface area contributed by atoms with E-state index >= 15 is 0 Å². The first-order chi connectivity index (χ1) is 9.19. The van der Waals surface area contributed by atoms with Crippen molar-refractivity contribution in [3.63, 3.8) is 0 Å². The summed E-state index contributed by atoms with van der Waals surface area (Å²) in [5, 5.41) is 2.77. The van der Waals surface area contributed by atoms with Crippen LogP contribution in [0.25, 0.3) is 0 Å². The van der Waals surface area contributed by atoms with Gasteiger partial charge in [0, 0.05) is 18.0 Å². The molecular formula is C13H17ClN4S. The lowest BCUT2D eigenvalue weighted by atomic mass is 10.3. The highest BCUT2D eigenvalue weighted by atomic mass is 35.5. The minimum Gasteiger partial charge on any atom is -0.308 e. The molecule has 0 saturated carbocycles. The number of nitrogens with two attached hydrogens (primary N) is 1. The number of thiophene rings is 1. The van der Waals surface area contributed by atoms with Gasteiger partial charge in [-0.25, -0.2) is 10.8 Å². The van der Waals surface area contributed by atoms with Crippen molar-refractivity contribution in [2.75, 3.05) is 19.0 Å². The van der Waals surface area contributed by atoms with E-state index in [-0.39, 0.29) is 0 Å². The van der Waals surface area contributed by atoms with Crippen LogP contribution in [0.3, 0.4) is 0 Å². The summed E-state index contributed by atoms with van der Waals surface area (Å²) in [6, 6.07) is 7.81. The first kappa shape index (κ1) is 14.3. The standard InChI is InChI=1S/C13H17ClN4S/c1-18(7-6-10-3-2-8-19-10)9-12-11(14)4-5-13(16-12)17-15/h2-5,8H,6-7,9,15H2,1H3,(H,16,17). The Morgan fingerprint density at radius 2 is 2.26 bits per heavy atom. The lowest BCUT2D eigenvalue weighted by molar-refractivity contribution is 0.328. The SMILES string of the molecule is CN(CCc1cccs1)Cc1nc(NN)ccc1Cl. The fourth-order valence-electron chi connectivity index (χ4n) is 1.77. The highest BCUT2D eigenvalue weighted by Gasteiger charge is 2.07. The first-order valence-electron chi connectivity index (χ1n) is 6.02. The van der Waals surface area contributed by atoms with Crippen molar-refractivity contribution in [1.82, 2.24) is 9.88 Å². The molecule has 0 saturated heterocycles. The number of halogens is 1. The van der Waals surface area contributed by atoms with E-state index in [1.165, 1.54) is 4.88 Å². The van der Waals surface area contributed by atoms with E-state index in [4.69, 9.17) is 17.4 Å². The predicted octanol–water partition coefficient (Wildman–Crippen LogP) is 2.76. The summed E-state index contributed by atoms with van der Waals surface area (Å²) in [4.78, 5) is 7.96. The number of pyridine rings is 1. The normalized spacial score (nSPS) is 10.9. The summed E-state index contributed by atoms with van der Waals surface area (Å²) in [5.74, 6) is 5.99. The smallest absolute Gasteiger partial charge is 0.140 e. The molecule has 2 rings (SSSR count). The first-order valence-corrected chi connectivity index (χ1v) is 7.28. The van der Waals surface area contributed by atoms with Gasteiger partial charge in [0.1, 0.15) is 5.82 Å². The number of hydrazine groups is 1. The third-order valence-corrected chi connectivity index (χ3v) is 4.09. The monoisotopic (exact) mass is 296 g/mol. The molecule has 0 bridgehead atoms. The van der Waals surface area contributed by atoms with E-state index in [2.05, 4.69) is 39.9 Å². The van der Waals surface area contributed by atoms with Gasteiger partial charge < -0.3 is 10.3 Å². The number of anilines is 1. The van der Waals surface area contributed by atoms with E-state index in [1.54, 1.807) is 17.4 Å². The van der Waals surface area contributed by atoms with Gasteiger partial charge in [0.25, 0.3) is 0 Å². The molecule has 0 aliphatic heterocycles. The fourth-order valence-corrected chi connectivity index (χ4v) is 2.63. The van der Waals surface area contributed by atoms with Crippen molar-refractivity contribution in [2.24, 2.45) is 5.84 Å². The second-order valence-corrected chi connectivity index (χ2v) is 5.78. The van der Waals surface area contributed by atoms with Crippen molar-refractivity contribution >= 4 is 28.8 Å². The van der Waals surface area contributed by atoms with Crippen LogP contribution in [-0.2, 0) is 13.0 Å². The summed E-state index contributed by atoms with van der Waals surface area (Å²) in [6.45, 7) is 1.68. The van der Waals surface area contributed by atoms with Crippen LogP contribution in [0.4, 0.5) is 5.82 Å². The molecule has 0 spiro atoms. The molecule has 0 fully saturated rings. The summed E-state index contributed by atoms with van der Waals surface area (Å²) in [7, 11) is 2.06. The molecule has 3 N–H and O–H groups in total. The Morgan fingerprint density at radius 1 is 1.42 bits per heavy atom. The second-order valence-electron chi connectivity index (χ2n) is 4.34. The van der Waals surface area contributed by atoms with Crippen molar-refractivity contribution in [3.05, 3.63) is 45.2 Å². The molecule has 19 heavy (non-hydrogen) atoms. The van der Waals surface area contributed by atoms with Crippen LogP contribution in [0.2, 0.25) is 5.02 Å². The molecule has 0 atom stereocenters. The lowest BCUT2D eigenvalue weighted by Crippen LogP contribution is -2.21. The van der Waals surface area contributed by atoms with Crippen molar-refractivity contribution in [3.8, 4) is 0 Å². The van der Waals surface area contributed by atoms with Gasteiger partial charge in [0.15, 0.2) is 0 Å². The molecule has 0 radical (unpaired) electrons. The van der Waals surface area contributed by atoms with Gasteiger partial charge in [0.2, 0.25) is 0 Å². The Hall–Kier alpha value is -1.14. The van der Waals surface area contributed by atoms with Crippen molar-refractivity contribution in [2.45, 2.75) is 13.0 Å². The van der Waals surface area contributed by atoms with Gasteiger partial charge in [-0.15, -0.1) is 11.3 Å². The summed E-state index contributed by atoms with van der Waals surface area (Å²) < 4.78 is 0. The van der Waals surface area contributed by atoms with Crippen molar-refractivity contribution in [1.29, 1.82) is 0 Å². The van der Waals surface area contributed by atoms with Crippen LogP contribution in [0.15, 0.2) is 29.6 Å². The number of aromatic nitrogens is 1. The Bertz CT molecular complexity index is 515. The van der Waals surface area contributed by atoms with Crippen LogP contribution in [0, 0.1) is 0 Å². The predicted molar refractivity (Wildman–Crippen MR) is 81.4 cm³/mol. The fraction of sp³-hybridized carbons (Fsp3) is 0.308. The van der Waals surface area contributed by atoms with Crippen LogP contribution < -0.4 is 11.3 Å². The van der Waals surface area contributed by atoms with E-state index in [0.717, 1.165) is 18.7 Å². The molecule has 0 unspecified atom stereocenters. The second kappa shape index (κ2) is 6.86. The molecule has 0 amide bonds. The zero-order chi connectivity index (χ0) is 13.7. The number of nitrogens with one attached hydrogen (secondary N) is 1. The zero-order valence-corrected chi connectivity index (χ0v) is 12.3. The Labute approximate surface area is 122 Å². The number of likely N-dealkylation sites (N-methyl/N-ethyl adjacent to an activating group) is 1. The summed E-state index contributed by atoms with van der Waals surface area (Å²) in [6.07, 6.45) is 1.04. The largest absolute Gasteiger partial charge is 0.308 e. The third kappa shape index (κ3) is 4.18. The lowest BCUT2D eigenvalue weighted by Gasteiger charge is -2.16. The minimum absolute atomic E-state index is 0.631. The highest BCUT2D eigenvalue weighted by molar-refractivity contribution is 7.09. The maximum atomic E-state index is 6.14. The van der Waals surface area contributed by atoms with Crippen LogP contribution in [0.1, 0.15) is 10.6 Å². The van der Waals surface area contributed by atoms with E-state index in [0.29, 0.717) is 17.4 Å². The maximum absolute atomic E-state index is 6.14. The maximum Gasteiger partial charge on any atom is 0.140 e. The van der Waals surface area contributed by atoms with Gasteiger partial charge in [-0.2, -0.15) is 0 Å². The van der Waals surface area contributed by atoms with E-state index in [9.17, 15) is 0 Å². The molecular weight excluding hydrogens is 280 g/mol. The molecule has 0 aromatic carbocycles. The molecule has 2 aromatic rings. The number of rotatable bonds is 6. The summed E-state index contributed by atoms with van der Waals surface area (Å²) >= 11 is 7.93. The average molecular weight is 297 g/mol. The Morgan fingerprint density at radius 3 is 2.95 bits per heavy atom. The number of nitrogen functional groups attached to an aromatic ring is 1. The van der Waals surface area contributed by atoms with Gasteiger partial charge in [0.05, 0.1) is 10.7 Å². The molecule has 2 aromatic heterocycles. The van der Waals surface area contributed by atoms with E-state index in [1.807, 2.05) is 6.07 Å². The highest BCUT2D eigenvalue weighted by Crippen LogP contribution is 2.18. The van der Waals surface area contributed by atoms with Crippen LogP contribution in [0.5, 0.6) is 0 Å². The Kier molecular flexibility index (Phi) is 5.15. The Balaban J connectivity index is 1.92. The molecule has 0 aliphatic rings. The molecule has 2 heterocycles. The molecule has 6 heteroatoms. The van der Waals surface area contributed by atoms with Gasteiger partial charge >= 0.3 is 0 Å². The summed E-state index contributed by atoms with van der Waals surface area (Å²) in [5.41, 5.74) is 3.37. The van der Waals surface area contributed by atoms with Crippen molar-refractivity contribution < 1.29 is 0 Å². The third-order valence-electron chi connectivity index (χ3n) is 2.81. The number of hydrogen-bond donors (Lipinski definition) is 2. The van der Waals surface area contributed by atoms with Gasteiger partial charge in [-0.1, -0.05) is 17.7 Å². The average Bonchev–Trinajstić information content (AvgIpc) is 2.92. The van der Waals surface area contributed by atoms with Crippen LogP contribution in [-0.4, -0.2) is 23.5 Å². The molecule has 102 valence electrons.